The number of benzene rings is 2. The van der Waals surface area contributed by atoms with E-state index in [0.29, 0.717) is 46.5 Å². The Bertz CT molecular complexity index is 1560. The van der Waals surface area contributed by atoms with Crippen LogP contribution in [0.3, 0.4) is 0 Å². The number of fused-ring (bicyclic) bond motifs is 1. The molecule has 2 N–H and O–H groups in total. The quantitative estimate of drug-likeness (QED) is 0.346. The molecule has 2 aromatic carbocycles. The number of hydrogen-bond donors (Lipinski definition) is 2. The number of aryl methyl sites for hydroxylation is 1. The average molecular weight is 541 g/mol. The van der Waals surface area contributed by atoms with Crippen molar-refractivity contribution >= 4 is 40.5 Å². The molecule has 1 aliphatic heterocycles. The van der Waals surface area contributed by atoms with Crippen molar-refractivity contribution in [3.8, 4) is 5.75 Å². The topological polar surface area (TPSA) is 119 Å². The number of H-pyrrole nitrogens is 1. The van der Waals surface area contributed by atoms with Crippen LogP contribution in [0.4, 0.5) is 0 Å². The van der Waals surface area contributed by atoms with Crippen LogP contribution in [0.5, 0.6) is 5.75 Å². The lowest BCUT2D eigenvalue weighted by Crippen LogP contribution is -2.31. The summed E-state index contributed by atoms with van der Waals surface area (Å²) in [5.41, 5.74) is 1.50. The minimum atomic E-state index is -0.744. The maximum Gasteiger partial charge on any atom is 0.330 e. The molecule has 37 heavy (non-hydrogen) atoms. The van der Waals surface area contributed by atoms with Gasteiger partial charge in [0.1, 0.15) is 18.2 Å². The van der Waals surface area contributed by atoms with Gasteiger partial charge >= 0.3 is 11.7 Å². The number of carboxylic acid groups (broad SMARTS) is 1. The van der Waals surface area contributed by atoms with E-state index in [0.717, 1.165) is 11.1 Å². The molecule has 192 valence electrons. The molecule has 2 unspecified atom stereocenters. The SMILES string of the molecule is CCn1c(COc2ccc(C3CC(C(=O)O)CS3)cc2)nc2c1c(=O)[nH]c(=O)n2Cc1ccc(Cl)cc1. The predicted octanol–water partition coefficient (Wildman–Crippen LogP) is 4.07. The largest absolute Gasteiger partial charge is 0.486 e. The van der Waals surface area contributed by atoms with E-state index >= 15 is 0 Å². The molecule has 2 aromatic heterocycles. The van der Waals surface area contributed by atoms with Gasteiger partial charge in [0.25, 0.3) is 5.56 Å². The fourth-order valence-corrected chi connectivity index (χ4v) is 6.13. The summed E-state index contributed by atoms with van der Waals surface area (Å²) in [4.78, 5) is 43.7. The van der Waals surface area contributed by atoms with Gasteiger partial charge in [0, 0.05) is 22.6 Å². The summed E-state index contributed by atoms with van der Waals surface area (Å²) in [5.74, 6) is 0.717. The summed E-state index contributed by atoms with van der Waals surface area (Å²) >= 11 is 7.64. The molecule has 0 saturated carbocycles. The van der Waals surface area contributed by atoms with Crippen molar-refractivity contribution in [3.05, 3.63) is 91.3 Å². The van der Waals surface area contributed by atoms with Crippen LogP contribution in [0.1, 0.15) is 35.5 Å². The molecular formula is C26H25ClN4O5S. The van der Waals surface area contributed by atoms with Gasteiger partial charge in [-0.25, -0.2) is 9.78 Å². The molecule has 1 fully saturated rings. The van der Waals surface area contributed by atoms with E-state index in [-0.39, 0.29) is 24.3 Å². The van der Waals surface area contributed by atoms with E-state index in [1.807, 2.05) is 43.3 Å². The van der Waals surface area contributed by atoms with Gasteiger partial charge in [-0.05, 0) is 48.7 Å². The lowest BCUT2D eigenvalue weighted by molar-refractivity contribution is -0.140. The van der Waals surface area contributed by atoms with E-state index in [1.165, 1.54) is 4.57 Å². The van der Waals surface area contributed by atoms with Crippen LogP contribution in [0, 0.1) is 5.92 Å². The summed E-state index contributed by atoms with van der Waals surface area (Å²) in [6.45, 7) is 2.71. The van der Waals surface area contributed by atoms with Crippen molar-refractivity contribution in [2.24, 2.45) is 5.92 Å². The number of aromatic nitrogens is 4. The summed E-state index contributed by atoms with van der Waals surface area (Å²) in [6, 6.07) is 14.7. The molecule has 0 aliphatic carbocycles. The number of aliphatic carboxylic acids is 1. The Hall–Kier alpha value is -3.50. The number of halogens is 1. The van der Waals surface area contributed by atoms with Crippen LogP contribution in [0.25, 0.3) is 11.2 Å². The Balaban J connectivity index is 1.38. The first-order valence-electron chi connectivity index (χ1n) is 11.9. The number of nitrogens with zero attached hydrogens (tertiary/aromatic N) is 3. The molecule has 11 heteroatoms. The molecule has 0 bridgehead atoms. The van der Waals surface area contributed by atoms with Crippen LogP contribution < -0.4 is 16.0 Å². The zero-order valence-electron chi connectivity index (χ0n) is 20.0. The molecule has 0 amide bonds. The standard InChI is InChI=1S/C26H25ClN4O5S/c1-2-30-21(13-36-19-9-5-16(6-10-19)20-11-17(14-37-20)25(33)34)28-23-22(30)24(32)29-26(35)31(23)12-15-3-7-18(27)8-4-15/h3-10,17,20H,2,11-14H2,1H3,(H,33,34)(H,29,32,35). The van der Waals surface area contributed by atoms with Gasteiger partial charge in [-0.1, -0.05) is 35.9 Å². The molecule has 9 nitrogen and oxygen atoms in total. The van der Waals surface area contributed by atoms with Gasteiger partial charge in [-0.2, -0.15) is 11.8 Å². The zero-order valence-corrected chi connectivity index (χ0v) is 21.6. The van der Waals surface area contributed by atoms with Crippen LogP contribution in [0.2, 0.25) is 5.02 Å². The van der Waals surface area contributed by atoms with E-state index in [1.54, 1.807) is 28.5 Å². The third-order valence-corrected chi connectivity index (χ3v) is 8.21. The van der Waals surface area contributed by atoms with Crippen molar-refractivity contribution in [2.45, 2.75) is 38.3 Å². The van der Waals surface area contributed by atoms with E-state index in [9.17, 15) is 19.5 Å². The Labute approximate surface area is 221 Å². The van der Waals surface area contributed by atoms with Crippen molar-refractivity contribution in [2.75, 3.05) is 5.75 Å². The third kappa shape index (κ3) is 5.17. The molecule has 1 aliphatic rings. The number of ether oxygens (including phenoxy) is 1. The van der Waals surface area contributed by atoms with Crippen molar-refractivity contribution in [1.82, 2.24) is 19.1 Å². The number of aromatic amines is 1. The minimum Gasteiger partial charge on any atom is -0.486 e. The molecule has 0 spiro atoms. The maximum atomic E-state index is 12.7. The second-order valence-corrected chi connectivity index (χ2v) is 10.5. The number of carboxylic acids is 1. The number of imidazole rings is 1. The van der Waals surface area contributed by atoms with Crippen molar-refractivity contribution < 1.29 is 14.6 Å². The number of rotatable bonds is 8. The Morgan fingerprint density at radius 3 is 2.54 bits per heavy atom. The normalized spacial score (nSPS) is 17.4. The highest BCUT2D eigenvalue weighted by Crippen LogP contribution is 2.43. The van der Waals surface area contributed by atoms with E-state index in [2.05, 4.69) is 9.97 Å². The summed E-state index contributed by atoms with van der Waals surface area (Å²) < 4.78 is 9.17. The Kier molecular flexibility index (Phi) is 7.12. The second-order valence-electron chi connectivity index (χ2n) is 8.87. The van der Waals surface area contributed by atoms with E-state index < -0.39 is 17.2 Å². The summed E-state index contributed by atoms with van der Waals surface area (Å²) in [5, 5.41) is 9.99. The molecule has 1 saturated heterocycles. The predicted molar refractivity (Wildman–Crippen MR) is 143 cm³/mol. The van der Waals surface area contributed by atoms with Gasteiger partial charge in [-0.15, -0.1) is 0 Å². The second kappa shape index (κ2) is 10.5. The van der Waals surface area contributed by atoms with Gasteiger partial charge in [0.15, 0.2) is 11.2 Å². The monoisotopic (exact) mass is 540 g/mol. The average Bonchev–Trinajstić information content (AvgIpc) is 3.52. The van der Waals surface area contributed by atoms with Crippen LogP contribution in [-0.2, 0) is 24.5 Å². The van der Waals surface area contributed by atoms with Gasteiger partial charge in [0.2, 0.25) is 0 Å². The molecule has 3 heterocycles. The van der Waals surface area contributed by atoms with Crippen molar-refractivity contribution in [3.63, 3.8) is 0 Å². The van der Waals surface area contributed by atoms with Crippen molar-refractivity contribution in [1.29, 1.82) is 0 Å². The Morgan fingerprint density at radius 2 is 1.89 bits per heavy atom. The van der Waals surface area contributed by atoms with Crippen LogP contribution in [-0.4, -0.2) is 35.9 Å². The first-order valence-corrected chi connectivity index (χ1v) is 13.3. The molecular weight excluding hydrogens is 516 g/mol. The van der Waals surface area contributed by atoms with Crippen LogP contribution in [0.15, 0.2) is 58.1 Å². The zero-order chi connectivity index (χ0) is 26.1. The number of nitrogens with one attached hydrogen (secondary N) is 1. The fraction of sp³-hybridized carbons (Fsp3) is 0.308. The Morgan fingerprint density at radius 1 is 1.16 bits per heavy atom. The maximum absolute atomic E-state index is 12.7. The number of hydrogen-bond acceptors (Lipinski definition) is 6. The highest BCUT2D eigenvalue weighted by Gasteiger charge is 2.31. The highest BCUT2D eigenvalue weighted by atomic mass is 35.5. The lowest BCUT2D eigenvalue weighted by Gasteiger charge is -2.11. The lowest BCUT2D eigenvalue weighted by atomic mass is 10.0. The number of carbonyl (C=O) groups is 1. The van der Waals surface area contributed by atoms with Gasteiger partial charge in [-0.3, -0.25) is 19.1 Å². The minimum absolute atomic E-state index is 0.107. The highest BCUT2D eigenvalue weighted by molar-refractivity contribution is 7.99. The first-order chi connectivity index (χ1) is 17.8. The van der Waals surface area contributed by atoms with Gasteiger partial charge in [0.05, 0.1) is 12.5 Å². The summed E-state index contributed by atoms with van der Waals surface area (Å²) in [7, 11) is 0. The fourth-order valence-electron chi connectivity index (χ4n) is 4.55. The molecule has 5 rings (SSSR count). The molecule has 4 aromatic rings. The van der Waals surface area contributed by atoms with Gasteiger partial charge < -0.3 is 14.4 Å². The number of thioether (sulfide) groups is 1. The first kappa shape index (κ1) is 25.2. The third-order valence-electron chi connectivity index (χ3n) is 6.50. The summed E-state index contributed by atoms with van der Waals surface area (Å²) in [6.07, 6.45) is 0.618. The van der Waals surface area contributed by atoms with E-state index in [4.69, 9.17) is 16.3 Å². The van der Waals surface area contributed by atoms with Crippen LogP contribution >= 0.6 is 23.4 Å². The molecule has 0 radical (unpaired) electrons. The molecule has 2 atom stereocenters. The smallest absolute Gasteiger partial charge is 0.330 e.